The number of likely N-dealkylation sites (tertiary alicyclic amines) is 1. The minimum atomic E-state index is -1.12. The molecule has 2 heterocycles. The number of benzene rings is 3. The van der Waals surface area contributed by atoms with Gasteiger partial charge in [0.25, 0.3) is 5.91 Å². The number of hydrogen-bond donors (Lipinski definition) is 2. The molecular formula is C31H32N4O3. The summed E-state index contributed by atoms with van der Waals surface area (Å²) in [5, 5.41) is 19.4. The number of nitrogens with one attached hydrogen (secondary N) is 1. The molecule has 7 heteroatoms. The SMILES string of the molecule is CC(=O)Nc1cc(C)nn1-c1ccc(C(=O)N2CCC(C(O)(c3ccccc3)c3ccccc3)CC2)cc1. The van der Waals surface area contributed by atoms with Crippen molar-refractivity contribution in [1.82, 2.24) is 14.7 Å². The van der Waals surface area contributed by atoms with Gasteiger partial charge in [0.1, 0.15) is 11.4 Å². The van der Waals surface area contributed by atoms with Crippen LogP contribution in [0.5, 0.6) is 0 Å². The first-order valence-corrected chi connectivity index (χ1v) is 12.9. The summed E-state index contributed by atoms with van der Waals surface area (Å²) in [6, 6.07) is 28.7. The fourth-order valence-corrected chi connectivity index (χ4v) is 5.42. The van der Waals surface area contributed by atoms with E-state index in [1.165, 1.54) is 6.92 Å². The minimum absolute atomic E-state index is 0.0195. The van der Waals surface area contributed by atoms with E-state index in [0.717, 1.165) is 22.5 Å². The van der Waals surface area contributed by atoms with Crippen molar-refractivity contribution in [3.63, 3.8) is 0 Å². The van der Waals surface area contributed by atoms with Crippen molar-refractivity contribution in [1.29, 1.82) is 0 Å². The van der Waals surface area contributed by atoms with Gasteiger partial charge in [0.15, 0.2) is 0 Å². The lowest BCUT2D eigenvalue weighted by Gasteiger charge is -2.42. The summed E-state index contributed by atoms with van der Waals surface area (Å²) < 4.78 is 1.66. The third kappa shape index (κ3) is 4.97. The van der Waals surface area contributed by atoms with Crippen LogP contribution < -0.4 is 5.32 Å². The molecule has 0 saturated carbocycles. The zero-order valence-electron chi connectivity index (χ0n) is 21.7. The summed E-state index contributed by atoms with van der Waals surface area (Å²) >= 11 is 0. The van der Waals surface area contributed by atoms with E-state index >= 15 is 0 Å². The molecule has 1 fully saturated rings. The lowest BCUT2D eigenvalue weighted by Crippen LogP contribution is -2.46. The van der Waals surface area contributed by atoms with E-state index in [0.29, 0.717) is 37.3 Å². The molecule has 38 heavy (non-hydrogen) atoms. The lowest BCUT2D eigenvalue weighted by atomic mass is 9.72. The summed E-state index contributed by atoms with van der Waals surface area (Å²) in [7, 11) is 0. The van der Waals surface area contributed by atoms with Crippen molar-refractivity contribution in [2.45, 2.75) is 32.3 Å². The molecule has 3 aromatic carbocycles. The van der Waals surface area contributed by atoms with Gasteiger partial charge in [0.05, 0.1) is 11.4 Å². The molecule has 0 radical (unpaired) electrons. The number of nitrogens with zero attached hydrogens (tertiary/aromatic N) is 3. The molecular weight excluding hydrogens is 476 g/mol. The predicted molar refractivity (Wildman–Crippen MR) is 147 cm³/mol. The van der Waals surface area contributed by atoms with Gasteiger partial charge in [0, 0.05) is 31.6 Å². The summed E-state index contributed by atoms with van der Waals surface area (Å²) in [6.07, 6.45) is 1.38. The highest BCUT2D eigenvalue weighted by molar-refractivity contribution is 5.94. The highest BCUT2D eigenvalue weighted by Crippen LogP contribution is 2.42. The van der Waals surface area contributed by atoms with Gasteiger partial charge < -0.3 is 15.3 Å². The number of amides is 2. The summed E-state index contributed by atoms with van der Waals surface area (Å²) in [6.45, 7) is 4.45. The first-order chi connectivity index (χ1) is 18.4. The number of rotatable bonds is 6. The number of carbonyl (C=O) groups excluding carboxylic acids is 2. The van der Waals surface area contributed by atoms with E-state index in [9.17, 15) is 14.7 Å². The van der Waals surface area contributed by atoms with E-state index in [1.807, 2.05) is 84.6 Å². The van der Waals surface area contributed by atoms with Crippen molar-refractivity contribution in [2.75, 3.05) is 18.4 Å². The number of hydrogen-bond acceptors (Lipinski definition) is 4. The monoisotopic (exact) mass is 508 g/mol. The quantitative estimate of drug-likeness (QED) is 0.387. The highest BCUT2D eigenvalue weighted by atomic mass is 16.3. The van der Waals surface area contributed by atoms with Crippen LogP contribution >= 0.6 is 0 Å². The molecule has 4 aromatic rings. The van der Waals surface area contributed by atoms with Crippen LogP contribution in [0.4, 0.5) is 5.82 Å². The standard InChI is InChI=1S/C31H32N4O3/c1-22-21-29(32-23(2)36)35(33-22)28-15-13-24(14-16-28)30(37)34-19-17-27(18-20-34)31(38,25-9-5-3-6-10-25)26-11-7-4-8-12-26/h3-16,21,27,38H,17-20H2,1-2H3,(H,32,36). The largest absolute Gasteiger partial charge is 0.380 e. The van der Waals surface area contributed by atoms with Gasteiger partial charge >= 0.3 is 0 Å². The molecule has 0 atom stereocenters. The Morgan fingerprint density at radius 2 is 1.45 bits per heavy atom. The molecule has 1 aromatic heterocycles. The van der Waals surface area contributed by atoms with Crippen molar-refractivity contribution in [3.8, 4) is 5.69 Å². The molecule has 1 saturated heterocycles. The van der Waals surface area contributed by atoms with Crippen molar-refractivity contribution < 1.29 is 14.7 Å². The summed E-state index contributed by atoms with van der Waals surface area (Å²) in [4.78, 5) is 26.8. The normalized spacial score (nSPS) is 14.3. The van der Waals surface area contributed by atoms with E-state index < -0.39 is 5.60 Å². The molecule has 0 unspecified atom stereocenters. The summed E-state index contributed by atoms with van der Waals surface area (Å²) in [5.74, 6) is 0.360. The van der Waals surface area contributed by atoms with Crippen molar-refractivity contribution in [3.05, 3.63) is 113 Å². The van der Waals surface area contributed by atoms with Gasteiger partial charge in [-0.05, 0) is 61.1 Å². The lowest BCUT2D eigenvalue weighted by molar-refractivity contribution is -0.114. The third-order valence-electron chi connectivity index (χ3n) is 7.30. The molecule has 7 nitrogen and oxygen atoms in total. The van der Waals surface area contributed by atoms with Crippen LogP contribution in [0.3, 0.4) is 0 Å². The average Bonchev–Trinajstić information content (AvgIpc) is 3.32. The maximum absolute atomic E-state index is 13.3. The Morgan fingerprint density at radius 1 is 0.895 bits per heavy atom. The van der Waals surface area contributed by atoms with Crippen LogP contribution in [0, 0.1) is 12.8 Å². The highest BCUT2D eigenvalue weighted by Gasteiger charge is 2.42. The van der Waals surface area contributed by atoms with Gasteiger partial charge in [-0.3, -0.25) is 9.59 Å². The van der Waals surface area contributed by atoms with Gasteiger partial charge in [-0.1, -0.05) is 60.7 Å². The third-order valence-corrected chi connectivity index (χ3v) is 7.30. The number of aliphatic hydroxyl groups is 1. The molecule has 194 valence electrons. The predicted octanol–water partition coefficient (Wildman–Crippen LogP) is 4.93. The molecule has 5 rings (SSSR count). The molecule has 0 bridgehead atoms. The topological polar surface area (TPSA) is 87.5 Å². The Kier molecular flexibility index (Phi) is 7.11. The van der Waals surface area contributed by atoms with Crippen molar-refractivity contribution >= 4 is 17.6 Å². The zero-order chi connectivity index (χ0) is 26.7. The fraction of sp³-hybridized carbons (Fsp3) is 0.258. The van der Waals surface area contributed by atoms with Crippen LogP contribution in [-0.4, -0.2) is 44.7 Å². The van der Waals surface area contributed by atoms with E-state index in [1.54, 1.807) is 22.9 Å². The van der Waals surface area contributed by atoms with Crippen LogP contribution in [0.25, 0.3) is 5.69 Å². The minimum Gasteiger partial charge on any atom is -0.380 e. The van der Waals surface area contributed by atoms with Gasteiger partial charge in [-0.15, -0.1) is 0 Å². The molecule has 0 spiro atoms. The second kappa shape index (κ2) is 10.6. The van der Waals surface area contributed by atoms with Crippen LogP contribution in [0.1, 0.15) is 46.9 Å². The Bertz CT molecular complexity index is 1370. The Hall–Kier alpha value is -4.23. The van der Waals surface area contributed by atoms with Crippen LogP contribution in [0.15, 0.2) is 91.0 Å². The van der Waals surface area contributed by atoms with Gasteiger partial charge in [-0.25, -0.2) is 4.68 Å². The Balaban J connectivity index is 1.31. The number of anilines is 1. The number of carbonyl (C=O) groups is 2. The van der Waals surface area contributed by atoms with E-state index in [2.05, 4.69) is 10.4 Å². The van der Waals surface area contributed by atoms with E-state index in [4.69, 9.17) is 0 Å². The Labute approximate surface area is 222 Å². The van der Waals surface area contributed by atoms with Gasteiger partial charge in [0.2, 0.25) is 5.91 Å². The molecule has 0 aliphatic carbocycles. The Morgan fingerprint density at radius 3 is 1.97 bits per heavy atom. The fourth-order valence-electron chi connectivity index (χ4n) is 5.42. The second-order valence-electron chi connectivity index (χ2n) is 9.88. The van der Waals surface area contributed by atoms with Crippen LogP contribution in [0.2, 0.25) is 0 Å². The average molecular weight is 509 g/mol. The molecule has 2 N–H and O–H groups in total. The van der Waals surface area contributed by atoms with E-state index in [-0.39, 0.29) is 17.7 Å². The molecule has 1 aliphatic rings. The number of aryl methyl sites for hydroxylation is 1. The van der Waals surface area contributed by atoms with Crippen molar-refractivity contribution in [2.24, 2.45) is 5.92 Å². The molecule has 2 amide bonds. The van der Waals surface area contributed by atoms with Crippen LogP contribution in [-0.2, 0) is 10.4 Å². The zero-order valence-corrected chi connectivity index (χ0v) is 21.7. The first-order valence-electron chi connectivity index (χ1n) is 12.9. The maximum atomic E-state index is 13.3. The summed E-state index contributed by atoms with van der Waals surface area (Å²) in [5.41, 5.74) is 2.76. The van der Waals surface area contributed by atoms with Gasteiger partial charge in [-0.2, -0.15) is 5.10 Å². The number of piperidine rings is 1. The first kappa shape index (κ1) is 25.4. The maximum Gasteiger partial charge on any atom is 0.253 e. The smallest absolute Gasteiger partial charge is 0.253 e. The number of aromatic nitrogens is 2. The second-order valence-corrected chi connectivity index (χ2v) is 9.88. The molecule has 1 aliphatic heterocycles.